The Labute approximate surface area is 156 Å². The predicted molar refractivity (Wildman–Crippen MR) is 111 cm³/mol. The molecule has 1 aromatic heterocycles. The van der Waals surface area contributed by atoms with Crippen LogP contribution in [0.2, 0.25) is 0 Å². The van der Waals surface area contributed by atoms with E-state index in [-0.39, 0.29) is 0 Å². The third kappa shape index (κ3) is 6.78. The van der Waals surface area contributed by atoms with Gasteiger partial charge in [0.2, 0.25) is 0 Å². The molecule has 0 saturated carbocycles. The first-order chi connectivity index (χ1) is 11.6. The van der Waals surface area contributed by atoms with Gasteiger partial charge in [0.15, 0.2) is 0 Å². The molecule has 0 aliphatic carbocycles. The Hall–Kier alpha value is -1.13. The van der Waals surface area contributed by atoms with Crippen LogP contribution in [0.4, 0.5) is 0 Å². The summed E-state index contributed by atoms with van der Waals surface area (Å²) in [6.45, 7) is 15.2. The van der Waals surface area contributed by atoms with Gasteiger partial charge >= 0.3 is 0 Å². The van der Waals surface area contributed by atoms with Gasteiger partial charge in [0.25, 0.3) is 0 Å². The Balaban J connectivity index is 0.00000254. The van der Waals surface area contributed by atoms with Gasteiger partial charge in [0, 0.05) is 12.7 Å². The first-order valence-corrected chi connectivity index (χ1v) is 9.91. The molecule has 2 N–H and O–H groups in total. The molecular weight excluding hydrogens is 362 g/mol. The third-order valence-corrected chi connectivity index (χ3v) is 4.47. The van der Waals surface area contributed by atoms with Crippen molar-refractivity contribution in [3.8, 4) is 0 Å². The van der Waals surface area contributed by atoms with E-state index in [9.17, 15) is 0 Å². The van der Waals surface area contributed by atoms with Gasteiger partial charge in [-0.3, -0.25) is 4.68 Å². The summed E-state index contributed by atoms with van der Waals surface area (Å²) in [6.07, 6.45) is 8.52. The smallest absolute Gasteiger partial charge is 0.0682 e. The van der Waals surface area contributed by atoms with E-state index in [1.165, 1.54) is 0 Å². The number of halogens is 1. The molecule has 3 nitrogen and oxygen atoms in total. The second-order valence-corrected chi connectivity index (χ2v) is 6.06. The number of allylic oxidation sites excluding steroid dienone is 2. The topological polar surface area (TPSA) is 43.8 Å². The average Bonchev–Trinajstić information content (AvgIpc) is 3.09. The lowest BCUT2D eigenvalue weighted by molar-refractivity contribution is 0.389. The summed E-state index contributed by atoms with van der Waals surface area (Å²) in [5.41, 5.74) is 10.1. The zero-order valence-electron chi connectivity index (χ0n) is 16.0. The lowest BCUT2D eigenvalue weighted by atomic mass is 10.0. The molecule has 4 heteroatoms. The highest BCUT2D eigenvalue weighted by Crippen LogP contribution is 2.27. The van der Waals surface area contributed by atoms with E-state index in [0.29, 0.717) is 12.6 Å². The third-order valence-electron chi connectivity index (χ3n) is 3.75. The SMILES string of the molecule is C=C(/C(=C\C(C)=C\Br)CN)c1ccnn1C(CCC)CCC.CC. The number of hydrogen-bond donors (Lipinski definition) is 1. The fraction of sp³-hybridized carbons (Fsp3) is 0.550. The lowest BCUT2D eigenvalue weighted by Gasteiger charge is -2.20. The van der Waals surface area contributed by atoms with Crippen molar-refractivity contribution in [3.63, 3.8) is 0 Å². The summed E-state index contributed by atoms with van der Waals surface area (Å²) >= 11 is 3.35. The molecule has 0 aliphatic heterocycles. The molecule has 0 radical (unpaired) electrons. The molecule has 0 spiro atoms. The van der Waals surface area contributed by atoms with Crippen LogP contribution in [0.5, 0.6) is 0 Å². The molecule has 24 heavy (non-hydrogen) atoms. The van der Waals surface area contributed by atoms with Crippen LogP contribution in [0.1, 0.15) is 72.0 Å². The molecule has 0 atom stereocenters. The van der Waals surface area contributed by atoms with Crippen molar-refractivity contribution >= 4 is 21.5 Å². The minimum atomic E-state index is 0.434. The van der Waals surface area contributed by atoms with Gasteiger partial charge in [0.05, 0.1) is 11.7 Å². The van der Waals surface area contributed by atoms with Gasteiger partial charge in [0.1, 0.15) is 0 Å². The Morgan fingerprint density at radius 2 is 1.92 bits per heavy atom. The van der Waals surface area contributed by atoms with Gasteiger partial charge in [-0.15, -0.1) is 0 Å². The van der Waals surface area contributed by atoms with Crippen molar-refractivity contribution in [3.05, 3.63) is 46.7 Å². The molecule has 0 aromatic carbocycles. The monoisotopic (exact) mass is 395 g/mol. The minimum absolute atomic E-state index is 0.434. The van der Waals surface area contributed by atoms with Crippen molar-refractivity contribution in [1.82, 2.24) is 9.78 Å². The summed E-state index contributed by atoms with van der Waals surface area (Å²) in [6, 6.07) is 2.47. The molecule has 0 amide bonds. The maximum atomic E-state index is 5.92. The second-order valence-electron chi connectivity index (χ2n) is 5.60. The zero-order valence-corrected chi connectivity index (χ0v) is 17.6. The maximum Gasteiger partial charge on any atom is 0.0682 e. The van der Waals surface area contributed by atoms with Crippen LogP contribution in [0.15, 0.2) is 41.0 Å². The Bertz CT molecular complexity index is 535. The fourth-order valence-electron chi connectivity index (χ4n) is 2.64. The molecule has 0 bridgehead atoms. The molecule has 1 heterocycles. The van der Waals surface area contributed by atoms with Gasteiger partial charge in [-0.25, -0.2) is 0 Å². The Kier molecular flexibility index (Phi) is 12.6. The van der Waals surface area contributed by atoms with Crippen LogP contribution in [0.25, 0.3) is 5.57 Å². The molecule has 0 aliphatic rings. The largest absolute Gasteiger partial charge is 0.326 e. The molecule has 1 rings (SSSR count). The van der Waals surface area contributed by atoms with E-state index in [1.54, 1.807) is 0 Å². The van der Waals surface area contributed by atoms with Crippen molar-refractivity contribution < 1.29 is 0 Å². The number of nitrogens with zero attached hydrogens (tertiary/aromatic N) is 2. The molecule has 136 valence electrons. The van der Waals surface area contributed by atoms with Gasteiger partial charge in [-0.1, -0.05) is 69.1 Å². The number of nitrogens with two attached hydrogens (primary N) is 1. The van der Waals surface area contributed by atoms with E-state index >= 15 is 0 Å². The van der Waals surface area contributed by atoms with Crippen LogP contribution in [-0.2, 0) is 0 Å². The summed E-state index contributed by atoms with van der Waals surface area (Å²) in [7, 11) is 0. The molecular formula is C20H34BrN3. The maximum absolute atomic E-state index is 5.92. The van der Waals surface area contributed by atoms with Crippen LogP contribution in [-0.4, -0.2) is 16.3 Å². The van der Waals surface area contributed by atoms with E-state index < -0.39 is 0 Å². The summed E-state index contributed by atoms with van der Waals surface area (Å²) < 4.78 is 2.13. The highest BCUT2D eigenvalue weighted by Gasteiger charge is 2.16. The summed E-state index contributed by atoms with van der Waals surface area (Å²) in [5.74, 6) is 0. The van der Waals surface area contributed by atoms with Crippen molar-refractivity contribution in [1.29, 1.82) is 0 Å². The predicted octanol–water partition coefficient (Wildman–Crippen LogP) is 6.25. The molecule has 0 unspecified atom stereocenters. The Morgan fingerprint density at radius 3 is 2.38 bits per heavy atom. The highest BCUT2D eigenvalue weighted by atomic mass is 79.9. The zero-order chi connectivity index (χ0) is 18.5. The lowest BCUT2D eigenvalue weighted by Crippen LogP contribution is -2.15. The van der Waals surface area contributed by atoms with Crippen molar-refractivity contribution in [2.45, 2.75) is 66.3 Å². The number of aromatic nitrogens is 2. The Morgan fingerprint density at radius 1 is 1.33 bits per heavy atom. The van der Waals surface area contributed by atoms with E-state index in [1.807, 2.05) is 38.0 Å². The first-order valence-electron chi connectivity index (χ1n) is 8.99. The molecule has 1 aromatic rings. The van der Waals surface area contributed by atoms with Crippen molar-refractivity contribution in [2.75, 3.05) is 6.54 Å². The highest BCUT2D eigenvalue weighted by molar-refractivity contribution is 9.11. The van der Waals surface area contributed by atoms with Crippen LogP contribution < -0.4 is 5.73 Å². The summed E-state index contributed by atoms with van der Waals surface area (Å²) in [5, 5.41) is 4.55. The molecule has 0 fully saturated rings. The minimum Gasteiger partial charge on any atom is -0.326 e. The first kappa shape index (κ1) is 22.9. The van der Waals surface area contributed by atoms with Crippen LogP contribution in [0, 0.1) is 0 Å². The fourth-order valence-corrected chi connectivity index (χ4v) is 2.77. The van der Waals surface area contributed by atoms with Gasteiger partial charge < -0.3 is 5.73 Å². The molecule has 0 saturated heterocycles. The standard InChI is InChI=1S/C18H28BrN3.C2H6/c1-5-7-17(8-6-2)22-18(9-10-21-22)15(4)16(13-20)11-14(3)12-19;1-2/h9-12,17H,4-8,13,20H2,1-3H3;1-2H3/b14-12+,16-11-;. The van der Waals surface area contributed by atoms with Crippen LogP contribution >= 0.6 is 15.9 Å². The number of rotatable bonds is 9. The van der Waals surface area contributed by atoms with E-state index in [2.05, 4.69) is 52.2 Å². The van der Waals surface area contributed by atoms with E-state index in [4.69, 9.17) is 5.73 Å². The van der Waals surface area contributed by atoms with E-state index in [0.717, 1.165) is 48.1 Å². The van der Waals surface area contributed by atoms with Gasteiger partial charge in [-0.05, 0) is 47.5 Å². The quantitative estimate of drug-likeness (QED) is 0.502. The second kappa shape index (κ2) is 13.2. The number of hydrogen-bond acceptors (Lipinski definition) is 2. The normalized spacial score (nSPS) is 12.2. The van der Waals surface area contributed by atoms with Crippen LogP contribution in [0.3, 0.4) is 0 Å². The van der Waals surface area contributed by atoms with Crippen molar-refractivity contribution in [2.24, 2.45) is 5.73 Å². The van der Waals surface area contributed by atoms with Gasteiger partial charge in [-0.2, -0.15) is 5.10 Å². The summed E-state index contributed by atoms with van der Waals surface area (Å²) in [4.78, 5) is 1.89. The average molecular weight is 396 g/mol.